The molecular formula is C25H26FNO2S. The molecule has 2 atom stereocenters. The maximum atomic E-state index is 14.1. The Morgan fingerprint density at radius 3 is 2.67 bits per heavy atom. The van der Waals surface area contributed by atoms with Gasteiger partial charge in [-0.15, -0.1) is 11.8 Å². The molecule has 0 saturated carbocycles. The number of rotatable bonds is 7. The number of halogens is 1. The molecule has 0 N–H and O–H groups in total. The van der Waals surface area contributed by atoms with Crippen LogP contribution in [0.4, 0.5) is 4.39 Å². The molecule has 1 aliphatic heterocycles. The smallest absolute Gasteiger partial charge is 0.132 e. The Bertz CT molecular complexity index is 953. The molecule has 5 heteroatoms. The molecule has 0 bridgehead atoms. The predicted molar refractivity (Wildman–Crippen MR) is 119 cm³/mol. The molecule has 1 saturated heterocycles. The van der Waals surface area contributed by atoms with Gasteiger partial charge in [0.25, 0.3) is 0 Å². The highest BCUT2D eigenvalue weighted by molar-refractivity contribution is 7.99. The first-order valence-electron chi connectivity index (χ1n) is 10.2. The highest BCUT2D eigenvalue weighted by Gasteiger charge is 2.31. The van der Waals surface area contributed by atoms with E-state index in [4.69, 9.17) is 9.47 Å². The Kier molecular flexibility index (Phi) is 7.05. The summed E-state index contributed by atoms with van der Waals surface area (Å²) in [6.07, 6.45) is -0.0563. The number of thioether (sulfide) groups is 1. The van der Waals surface area contributed by atoms with Crippen molar-refractivity contribution in [3.8, 4) is 5.75 Å². The minimum Gasteiger partial charge on any atom is -0.496 e. The Hall–Kier alpha value is -2.34. The van der Waals surface area contributed by atoms with Gasteiger partial charge in [-0.25, -0.2) is 4.39 Å². The topological polar surface area (TPSA) is 21.7 Å². The minimum absolute atomic E-state index is 0.0458. The molecule has 0 amide bonds. The first-order valence-corrected chi connectivity index (χ1v) is 11.0. The summed E-state index contributed by atoms with van der Waals surface area (Å²) in [5, 5.41) is -0.0458. The summed E-state index contributed by atoms with van der Waals surface area (Å²) in [6.45, 7) is 3.23. The Morgan fingerprint density at radius 2 is 1.87 bits per heavy atom. The number of hydrogen-bond donors (Lipinski definition) is 0. The lowest BCUT2D eigenvalue weighted by atomic mass is 10.1. The van der Waals surface area contributed by atoms with Gasteiger partial charge in [0.15, 0.2) is 0 Å². The molecule has 0 radical (unpaired) electrons. The largest absolute Gasteiger partial charge is 0.496 e. The third-order valence-electron chi connectivity index (χ3n) is 5.26. The summed E-state index contributed by atoms with van der Waals surface area (Å²) in [6, 6.07) is 25.3. The van der Waals surface area contributed by atoms with Crippen molar-refractivity contribution in [1.82, 2.24) is 4.90 Å². The van der Waals surface area contributed by atoms with E-state index in [1.807, 2.05) is 36.4 Å². The molecular weight excluding hydrogens is 397 g/mol. The number of ether oxygens (including phenoxy) is 2. The van der Waals surface area contributed by atoms with Gasteiger partial charge >= 0.3 is 0 Å². The van der Waals surface area contributed by atoms with Crippen molar-refractivity contribution in [2.24, 2.45) is 0 Å². The summed E-state index contributed by atoms with van der Waals surface area (Å²) in [5.41, 5.74) is 2.22. The molecule has 4 rings (SSSR count). The molecule has 1 fully saturated rings. The van der Waals surface area contributed by atoms with Gasteiger partial charge in [0.05, 0.1) is 30.0 Å². The van der Waals surface area contributed by atoms with Crippen LogP contribution in [0, 0.1) is 5.82 Å². The van der Waals surface area contributed by atoms with E-state index >= 15 is 0 Å². The van der Waals surface area contributed by atoms with Crippen molar-refractivity contribution in [3.63, 3.8) is 0 Å². The predicted octanol–water partition coefficient (Wildman–Crippen LogP) is 5.57. The van der Waals surface area contributed by atoms with E-state index in [2.05, 4.69) is 29.2 Å². The number of hydrogen-bond acceptors (Lipinski definition) is 4. The van der Waals surface area contributed by atoms with Crippen LogP contribution < -0.4 is 4.74 Å². The number of morpholine rings is 1. The third kappa shape index (κ3) is 5.22. The van der Waals surface area contributed by atoms with E-state index < -0.39 is 0 Å². The molecule has 1 aliphatic rings. The third-order valence-corrected chi connectivity index (χ3v) is 6.69. The molecule has 3 aromatic rings. The number of methoxy groups -OCH3 is 1. The van der Waals surface area contributed by atoms with Crippen molar-refractivity contribution < 1.29 is 13.9 Å². The van der Waals surface area contributed by atoms with Crippen LogP contribution in [-0.2, 0) is 11.3 Å². The first kappa shape index (κ1) is 20.9. The molecule has 0 aliphatic carbocycles. The SMILES string of the molecule is COc1ccccc1S[C@H](c1cccc(F)c1)[C@H]1CN(Cc2ccccc2)CCO1. The highest BCUT2D eigenvalue weighted by Crippen LogP contribution is 2.43. The maximum absolute atomic E-state index is 14.1. The summed E-state index contributed by atoms with van der Waals surface area (Å²) in [7, 11) is 1.68. The van der Waals surface area contributed by atoms with Crippen LogP contribution in [0.15, 0.2) is 83.8 Å². The monoisotopic (exact) mass is 423 g/mol. The summed E-state index contributed by atoms with van der Waals surface area (Å²) < 4.78 is 25.8. The van der Waals surface area contributed by atoms with Gasteiger partial charge in [-0.05, 0) is 35.4 Å². The highest BCUT2D eigenvalue weighted by atomic mass is 32.2. The second-order valence-electron chi connectivity index (χ2n) is 7.37. The molecule has 156 valence electrons. The standard InChI is InChI=1S/C25H26FNO2S/c1-28-22-12-5-6-13-24(22)30-25(20-10-7-11-21(26)16-20)23-18-27(14-15-29-23)17-19-8-3-2-4-9-19/h2-13,16,23,25H,14-15,17-18H2,1H3/t23-,25-/m1/s1. The fourth-order valence-corrected chi connectivity index (χ4v) is 5.09. The van der Waals surface area contributed by atoms with Crippen LogP contribution in [0.5, 0.6) is 5.75 Å². The maximum Gasteiger partial charge on any atom is 0.132 e. The van der Waals surface area contributed by atoms with Crippen molar-refractivity contribution in [3.05, 3.63) is 95.8 Å². The van der Waals surface area contributed by atoms with E-state index in [0.29, 0.717) is 6.61 Å². The van der Waals surface area contributed by atoms with Gasteiger partial charge in [0.1, 0.15) is 11.6 Å². The number of nitrogens with zero attached hydrogens (tertiary/aromatic N) is 1. The lowest BCUT2D eigenvalue weighted by molar-refractivity contribution is -0.0320. The Morgan fingerprint density at radius 1 is 1.07 bits per heavy atom. The van der Waals surface area contributed by atoms with Crippen LogP contribution in [0.2, 0.25) is 0 Å². The van der Waals surface area contributed by atoms with Crippen LogP contribution in [0.25, 0.3) is 0 Å². The van der Waals surface area contributed by atoms with Gasteiger partial charge in [-0.1, -0.05) is 54.6 Å². The van der Waals surface area contributed by atoms with Crippen molar-refractivity contribution in [2.45, 2.75) is 22.8 Å². The van der Waals surface area contributed by atoms with Gasteiger partial charge in [0.2, 0.25) is 0 Å². The summed E-state index contributed by atoms with van der Waals surface area (Å²) >= 11 is 1.67. The zero-order valence-corrected chi connectivity index (χ0v) is 17.9. The molecule has 0 unspecified atom stereocenters. The van der Waals surface area contributed by atoms with E-state index in [1.54, 1.807) is 31.0 Å². The number of para-hydroxylation sites is 1. The molecule has 1 heterocycles. The Balaban J connectivity index is 1.58. The van der Waals surface area contributed by atoms with Crippen LogP contribution in [0.3, 0.4) is 0 Å². The molecule has 0 aromatic heterocycles. The van der Waals surface area contributed by atoms with E-state index in [0.717, 1.165) is 35.8 Å². The van der Waals surface area contributed by atoms with E-state index in [-0.39, 0.29) is 17.2 Å². The van der Waals surface area contributed by atoms with Crippen molar-refractivity contribution in [1.29, 1.82) is 0 Å². The average molecular weight is 424 g/mol. The molecule has 0 spiro atoms. The summed E-state index contributed by atoms with van der Waals surface area (Å²) in [4.78, 5) is 3.44. The Labute approximate surface area is 181 Å². The van der Waals surface area contributed by atoms with Gasteiger partial charge < -0.3 is 9.47 Å². The van der Waals surface area contributed by atoms with Crippen molar-refractivity contribution in [2.75, 3.05) is 26.8 Å². The van der Waals surface area contributed by atoms with E-state index in [1.165, 1.54) is 11.6 Å². The van der Waals surface area contributed by atoms with Crippen LogP contribution in [0.1, 0.15) is 16.4 Å². The lowest BCUT2D eigenvalue weighted by Crippen LogP contribution is -2.44. The second kappa shape index (κ2) is 10.1. The molecule has 30 heavy (non-hydrogen) atoms. The molecule has 3 aromatic carbocycles. The van der Waals surface area contributed by atoms with Crippen LogP contribution in [-0.4, -0.2) is 37.8 Å². The lowest BCUT2D eigenvalue weighted by Gasteiger charge is -2.37. The quantitative estimate of drug-likeness (QED) is 0.463. The van der Waals surface area contributed by atoms with Gasteiger partial charge in [-0.3, -0.25) is 4.90 Å². The van der Waals surface area contributed by atoms with Gasteiger partial charge in [0, 0.05) is 19.6 Å². The van der Waals surface area contributed by atoms with Gasteiger partial charge in [-0.2, -0.15) is 0 Å². The average Bonchev–Trinajstić information content (AvgIpc) is 2.78. The zero-order chi connectivity index (χ0) is 20.8. The fraction of sp³-hybridized carbons (Fsp3) is 0.280. The van der Waals surface area contributed by atoms with Crippen LogP contribution >= 0.6 is 11.8 Å². The number of benzene rings is 3. The normalized spacial score (nSPS) is 18.1. The minimum atomic E-state index is -0.227. The summed E-state index contributed by atoms with van der Waals surface area (Å²) in [5.74, 6) is 0.593. The molecule has 3 nitrogen and oxygen atoms in total. The zero-order valence-electron chi connectivity index (χ0n) is 17.0. The van der Waals surface area contributed by atoms with E-state index in [9.17, 15) is 4.39 Å². The second-order valence-corrected chi connectivity index (χ2v) is 8.56. The fourth-order valence-electron chi connectivity index (χ4n) is 3.80. The van der Waals surface area contributed by atoms with Crippen molar-refractivity contribution >= 4 is 11.8 Å². The first-order chi connectivity index (χ1) is 14.7.